The number of anilines is 1. The second kappa shape index (κ2) is 4.84. The molecule has 0 radical (unpaired) electrons. The van der Waals surface area contributed by atoms with E-state index in [0.29, 0.717) is 11.6 Å². The fourth-order valence-electron chi connectivity index (χ4n) is 1.81. The molecule has 0 saturated carbocycles. The molecular weight excluding hydrogens is 278 g/mol. The second-order valence-corrected chi connectivity index (χ2v) is 4.78. The van der Waals surface area contributed by atoms with Gasteiger partial charge in [0.05, 0.1) is 0 Å². The molecule has 2 rings (SSSR count). The zero-order valence-electron chi connectivity index (χ0n) is 9.87. The third-order valence-corrected chi connectivity index (χ3v) is 3.18. The molecule has 2 N–H and O–H groups in total. The Morgan fingerprint density at radius 1 is 1.29 bits per heavy atom. The molecule has 4 heteroatoms. The van der Waals surface area contributed by atoms with E-state index in [4.69, 9.17) is 5.73 Å². The van der Waals surface area contributed by atoms with Crippen LogP contribution in [0.5, 0.6) is 0 Å². The lowest BCUT2D eigenvalue weighted by Crippen LogP contribution is -2.04. The van der Waals surface area contributed by atoms with Gasteiger partial charge in [0.25, 0.3) is 0 Å². The first-order chi connectivity index (χ1) is 8.11. The van der Waals surface area contributed by atoms with Gasteiger partial charge in [-0.15, -0.1) is 0 Å². The molecule has 17 heavy (non-hydrogen) atoms. The zero-order chi connectivity index (χ0) is 12.4. The highest BCUT2D eigenvalue weighted by atomic mass is 79.9. The molecule has 1 aromatic carbocycles. The van der Waals surface area contributed by atoms with Crippen LogP contribution < -0.4 is 5.73 Å². The minimum atomic E-state index is 0.579. The van der Waals surface area contributed by atoms with Crippen LogP contribution in [0.3, 0.4) is 0 Å². The van der Waals surface area contributed by atoms with Crippen molar-refractivity contribution >= 4 is 21.7 Å². The quantitative estimate of drug-likeness (QED) is 0.923. The number of hydrogen-bond acceptors (Lipinski definition) is 3. The van der Waals surface area contributed by atoms with Crippen molar-refractivity contribution < 1.29 is 0 Å². The van der Waals surface area contributed by atoms with Crippen LogP contribution in [0, 0.1) is 6.92 Å². The molecule has 0 aliphatic rings. The summed E-state index contributed by atoms with van der Waals surface area (Å²) in [6.45, 7) is 4.03. The Hall–Kier alpha value is -1.42. The van der Waals surface area contributed by atoms with E-state index < -0.39 is 0 Å². The monoisotopic (exact) mass is 291 g/mol. The summed E-state index contributed by atoms with van der Waals surface area (Å²) in [5.41, 5.74) is 8.90. The third-order valence-electron chi connectivity index (χ3n) is 2.68. The lowest BCUT2D eigenvalue weighted by molar-refractivity contribution is 1.01. The number of rotatable bonds is 2. The van der Waals surface area contributed by atoms with Crippen LogP contribution in [0.25, 0.3) is 11.4 Å². The zero-order valence-corrected chi connectivity index (χ0v) is 11.5. The normalized spacial score (nSPS) is 10.5. The summed E-state index contributed by atoms with van der Waals surface area (Å²) in [4.78, 5) is 8.87. The number of nitrogens with zero attached hydrogens (tertiary/aromatic N) is 2. The van der Waals surface area contributed by atoms with E-state index in [1.807, 2.05) is 31.2 Å². The Labute approximate surface area is 109 Å². The largest absolute Gasteiger partial charge is 0.383 e. The molecule has 0 spiro atoms. The first kappa shape index (κ1) is 12.0. The van der Waals surface area contributed by atoms with Gasteiger partial charge in [-0.2, -0.15) is 0 Å². The van der Waals surface area contributed by atoms with E-state index in [2.05, 4.69) is 32.8 Å². The number of aryl methyl sites for hydroxylation is 1. The minimum Gasteiger partial charge on any atom is -0.383 e. The Kier molecular flexibility index (Phi) is 3.43. The predicted molar refractivity (Wildman–Crippen MR) is 73.7 cm³/mol. The average molecular weight is 292 g/mol. The van der Waals surface area contributed by atoms with Crippen molar-refractivity contribution in [2.75, 3.05) is 5.73 Å². The summed E-state index contributed by atoms with van der Waals surface area (Å²) in [7, 11) is 0. The van der Waals surface area contributed by atoms with Crippen molar-refractivity contribution in [1.82, 2.24) is 9.97 Å². The maximum atomic E-state index is 5.95. The molecule has 3 nitrogen and oxygen atoms in total. The van der Waals surface area contributed by atoms with Crippen molar-refractivity contribution in [3.8, 4) is 11.4 Å². The summed E-state index contributed by atoms with van der Waals surface area (Å²) < 4.78 is 1.01. The second-order valence-electron chi connectivity index (χ2n) is 3.86. The Bertz CT molecular complexity index is 529. The van der Waals surface area contributed by atoms with Crippen molar-refractivity contribution in [2.24, 2.45) is 0 Å². The van der Waals surface area contributed by atoms with Gasteiger partial charge in [0.2, 0.25) is 0 Å². The molecule has 0 bridgehead atoms. The maximum absolute atomic E-state index is 5.95. The van der Waals surface area contributed by atoms with Gasteiger partial charge < -0.3 is 5.73 Å². The molecule has 2 aromatic rings. The molecule has 0 aliphatic carbocycles. The van der Waals surface area contributed by atoms with Crippen LogP contribution in [0.1, 0.15) is 18.2 Å². The Morgan fingerprint density at radius 2 is 2.06 bits per heavy atom. The standard InChI is InChI=1S/C13H14BrN3/c1-3-11-8(2)16-13(17-12(11)15)9-5-4-6-10(14)7-9/h4-7H,3H2,1-2H3,(H2,15,16,17). The number of benzene rings is 1. The van der Waals surface area contributed by atoms with Gasteiger partial charge in [0.15, 0.2) is 5.82 Å². The van der Waals surface area contributed by atoms with E-state index in [-0.39, 0.29) is 0 Å². The van der Waals surface area contributed by atoms with Gasteiger partial charge in [0.1, 0.15) is 5.82 Å². The molecule has 0 amide bonds. The molecule has 0 aliphatic heterocycles. The van der Waals surface area contributed by atoms with Crippen LogP contribution in [0.4, 0.5) is 5.82 Å². The highest BCUT2D eigenvalue weighted by Gasteiger charge is 2.09. The molecule has 0 fully saturated rings. The van der Waals surface area contributed by atoms with Gasteiger partial charge in [-0.05, 0) is 25.5 Å². The lowest BCUT2D eigenvalue weighted by atomic mass is 10.1. The number of nitrogens with two attached hydrogens (primary N) is 1. The molecular formula is C13H14BrN3. The van der Waals surface area contributed by atoms with Crippen molar-refractivity contribution in [3.63, 3.8) is 0 Å². The van der Waals surface area contributed by atoms with E-state index in [0.717, 1.165) is 27.7 Å². The van der Waals surface area contributed by atoms with Gasteiger partial charge in [-0.25, -0.2) is 9.97 Å². The van der Waals surface area contributed by atoms with Crippen LogP contribution >= 0.6 is 15.9 Å². The molecule has 1 heterocycles. The molecule has 0 atom stereocenters. The van der Waals surface area contributed by atoms with E-state index in [1.165, 1.54) is 0 Å². The summed E-state index contributed by atoms with van der Waals surface area (Å²) in [5.74, 6) is 1.26. The topological polar surface area (TPSA) is 51.8 Å². The number of nitrogen functional groups attached to an aromatic ring is 1. The Balaban J connectivity index is 2.54. The molecule has 0 unspecified atom stereocenters. The summed E-state index contributed by atoms with van der Waals surface area (Å²) in [6.07, 6.45) is 0.858. The Morgan fingerprint density at radius 3 is 2.65 bits per heavy atom. The van der Waals surface area contributed by atoms with Crippen molar-refractivity contribution in [1.29, 1.82) is 0 Å². The number of halogens is 1. The minimum absolute atomic E-state index is 0.579. The van der Waals surface area contributed by atoms with Crippen LogP contribution in [-0.2, 0) is 6.42 Å². The van der Waals surface area contributed by atoms with Crippen LogP contribution in [0.2, 0.25) is 0 Å². The summed E-state index contributed by atoms with van der Waals surface area (Å²) >= 11 is 3.44. The van der Waals surface area contributed by atoms with Crippen LogP contribution in [0.15, 0.2) is 28.7 Å². The van der Waals surface area contributed by atoms with E-state index in [9.17, 15) is 0 Å². The SMILES string of the molecule is CCc1c(C)nc(-c2cccc(Br)c2)nc1N. The maximum Gasteiger partial charge on any atom is 0.161 e. The fraction of sp³-hybridized carbons (Fsp3) is 0.231. The van der Waals surface area contributed by atoms with Crippen molar-refractivity contribution in [3.05, 3.63) is 40.0 Å². The average Bonchev–Trinajstić information content (AvgIpc) is 2.28. The highest BCUT2D eigenvalue weighted by Crippen LogP contribution is 2.23. The first-order valence-corrected chi connectivity index (χ1v) is 6.30. The van der Waals surface area contributed by atoms with Gasteiger partial charge >= 0.3 is 0 Å². The fourth-order valence-corrected chi connectivity index (χ4v) is 2.21. The van der Waals surface area contributed by atoms with Crippen LogP contribution in [-0.4, -0.2) is 9.97 Å². The smallest absolute Gasteiger partial charge is 0.161 e. The predicted octanol–water partition coefficient (Wildman–Crippen LogP) is 3.36. The van der Waals surface area contributed by atoms with Gasteiger partial charge in [0, 0.05) is 21.3 Å². The lowest BCUT2D eigenvalue weighted by Gasteiger charge is -2.08. The molecule has 0 saturated heterocycles. The van der Waals surface area contributed by atoms with E-state index in [1.54, 1.807) is 0 Å². The summed E-state index contributed by atoms with van der Waals surface area (Å²) in [5, 5.41) is 0. The summed E-state index contributed by atoms with van der Waals surface area (Å²) in [6, 6.07) is 7.90. The highest BCUT2D eigenvalue weighted by molar-refractivity contribution is 9.10. The van der Waals surface area contributed by atoms with E-state index >= 15 is 0 Å². The van der Waals surface area contributed by atoms with Crippen molar-refractivity contribution in [2.45, 2.75) is 20.3 Å². The van der Waals surface area contributed by atoms with Gasteiger partial charge in [-0.3, -0.25) is 0 Å². The number of hydrogen-bond donors (Lipinski definition) is 1. The third kappa shape index (κ3) is 2.47. The first-order valence-electron chi connectivity index (χ1n) is 5.50. The molecule has 1 aromatic heterocycles. The number of aromatic nitrogens is 2. The van der Waals surface area contributed by atoms with Gasteiger partial charge in [-0.1, -0.05) is 35.0 Å². The molecule has 88 valence electrons.